The van der Waals surface area contributed by atoms with Gasteiger partial charge in [-0.15, -0.1) is 0 Å². The number of ether oxygens (including phenoxy) is 1. The van der Waals surface area contributed by atoms with Crippen LogP contribution in [0.3, 0.4) is 0 Å². The largest absolute Gasteiger partial charge is 0.433 e. The number of cyclic esters (lactones) is 1. The molecule has 6 heteroatoms. The summed E-state index contributed by atoms with van der Waals surface area (Å²) in [7, 11) is 1.71. The molecule has 1 amide bonds. The van der Waals surface area contributed by atoms with Crippen molar-refractivity contribution >= 4 is 50.7 Å². The maximum absolute atomic E-state index is 12.5. The number of carbonyl (C=O) groups is 1. The van der Waals surface area contributed by atoms with Crippen LogP contribution < -0.4 is 10.2 Å². The van der Waals surface area contributed by atoms with E-state index >= 15 is 0 Å². The summed E-state index contributed by atoms with van der Waals surface area (Å²) in [6.45, 7) is 1.91. The second-order valence-electron chi connectivity index (χ2n) is 6.83. The molecule has 1 aliphatic rings. The molecule has 0 spiro atoms. The van der Waals surface area contributed by atoms with Crippen molar-refractivity contribution in [1.82, 2.24) is 0 Å². The summed E-state index contributed by atoms with van der Waals surface area (Å²) >= 11 is 9.49. The molecule has 0 saturated heterocycles. The zero-order valence-corrected chi connectivity index (χ0v) is 17.7. The quantitative estimate of drug-likeness (QED) is 0.476. The molecule has 28 heavy (non-hydrogen) atoms. The number of benzene rings is 3. The third kappa shape index (κ3) is 3.36. The Labute approximate surface area is 177 Å². The van der Waals surface area contributed by atoms with Crippen LogP contribution in [-0.4, -0.2) is 13.1 Å². The van der Waals surface area contributed by atoms with E-state index in [0.717, 1.165) is 32.7 Å². The van der Waals surface area contributed by atoms with Crippen LogP contribution in [0.1, 0.15) is 18.1 Å². The lowest BCUT2D eigenvalue weighted by atomic mass is 9.85. The second kappa shape index (κ2) is 7.15. The zero-order valence-electron chi connectivity index (χ0n) is 15.4. The highest BCUT2D eigenvalue weighted by Crippen LogP contribution is 2.44. The molecular formula is C22H18BrClN2O2. The zero-order chi connectivity index (χ0) is 19.9. The number of hydrogen-bond acceptors (Lipinski definition) is 3. The van der Waals surface area contributed by atoms with E-state index in [0.29, 0.717) is 5.02 Å². The minimum absolute atomic E-state index is 0.390. The molecule has 3 aromatic carbocycles. The molecule has 0 aliphatic carbocycles. The number of carbonyl (C=O) groups excluding carboxylic acids is 1. The van der Waals surface area contributed by atoms with Crippen LogP contribution in [0.15, 0.2) is 71.2 Å². The molecule has 4 nitrogen and oxygen atoms in total. The van der Waals surface area contributed by atoms with Gasteiger partial charge in [0.1, 0.15) is 0 Å². The van der Waals surface area contributed by atoms with E-state index < -0.39 is 11.7 Å². The van der Waals surface area contributed by atoms with Gasteiger partial charge >= 0.3 is 6.09 Å². The Morgan fingerprint density at radius 3 is 2.32 bits per heavy atom. The fourth-order valence-electron chi connectivity index (χ4n) is 3.37. The summed E-state index contributed by atoms with van der Waals surface area (Å²) in [4.78, 5) is 14.0. The predicted octanol–water partition coefficient (Wildman–Crippen LogP) is 6.70. The van der Waals surface area contributed by atoms with Crippen LogP contribution >= 0.6 is 27.5 Å². The van der Waals surface area contributed by atoms with Gasteiger partial charge in [0.25, 0.3) is 0 Å². The Morgan fingerprint density at radius 2 is 1.64 bits per heavy atom. The first kappa shape index (κ1) is 18.8. The van der Waals surface area contributed by atoms with Gasteiger partial charge in [0, 0.05) is 39.0 Å². The molecule has 0 saturated carbocycles. The molecule has 0 aromatic heterocycles. The number of halogens is 2. The minimum atomic E-state index is -0.916. The number of nitrogens with zero attached hydrogens (tertiary/aromatic N) is 1. The molecule has 0 fully saturated rings. The minimum Gasteiger partial charge on any atom is -0.433 e. The first-order valence-electron chi connectivity index (χ1n) is 8.77. The molecule has 142 valence electrons. The van der Waals surface area contributed by atoms with Crippen molar-refractivity contribution in [2.24, 2.45) is 0 Å². The molecule has 4 rings (SSSR count). The Hall–Kier alpha value is -2.50. The highest BCUT2D eigenvalue weighted by Gasteiger charge is 2.42. The van der Waals surface area contributed by atoms with E-state index in [9.17, 15) is 4.79 Å². The summed E-state index contributed by atoms with van der Waals surface area (Å²) in [5, 5.41) is 4.04. The van der Waals surface area contributed by atoms with E-state index in [1.165, 1.54) is 4.90 Å². The first-order valence-corrected chi connectivity index (χ1v) is 9.94. The van der Waals surface area contributed by atoms with Gasteiger partial charge in [-0.3, -0.25) is 4.90 Å². The van der Waals surface area contributed by atoms with Crippen LogP contribution in [0.25, 0.3) is 0 Å². The van der Waals surface area contributed by atoms with Crippen molar-refractivity contribution < 1.29 is 9.53 Å². The second-order valence-corrected chi connectivity index (χ2v) is 8.18. The van der Waals surface area contributed by atoms with E-state index in [-0.39, 0.29) is 0 Å². The van der Waals surface area contributed by atoms with Crippen molar-refractivity contribution in [3.8, 4) is 0 Å². The maximum Gasteiger partial charge on any atom is 0.415 e. The number of rotatable bonds is 3. The summed E-state index contributed by atoms with van der Waals surface area (Å²) in [6, 6.07) is 21.2. The average molecular weight is 458 g/mol. The Balaban J connectivity index is 1.79. The SMILES string of the molecule is CN1C(=O)OC(C)(c2ccc(Cl)cc2)c2cc(Nc3ccc(Br)cc3)ccc21. The summed E-state index contributed by atoms with van der Waals surface area (Å²) in [5.74, 6) is 0. The molecule has 1 atom stereocenters. The van der Waals surface area contributed by atoms with Crippen LogP contribution in [-0.2, 0) is 10.3 Å². The number of amides is 1. The number of fused-ring (bicyclic) bond motifs is 1. The van der Waals surface area contributed by atoms with Crippen LogP contribution in [0.2, 0.25) is 5.02 Å². The summed E-state index contributed by atoms with van der Waals surface area (Å²) in [5.41, 5.74) is 3.54. The predicted molar refractivity (Wildman–Crippen MR) is 117 cm³/mol. The van der Waals surface area contributed by atoms with Gasteiger partial charge in [-0.2, -0.15) is 0 Å². The Morgan fingerprint density at radius 1 is 1.00 bits per heavy atom. The molecule has 0 bridgehead atoms. The van der Waals surface area contributed by atoms with E-state index in [1.54, 1.807) is 19.2 Å². The lowest BCUT2D eigenvalue weighted by Crippen LogP contribution is -2.43. The number of nitrogens with one attached hydrogen (secondary N) is 1. The first-order chi connectivity index (χ1) is 13.4. The molecule has 1 heterocycles. The molecule has 1 aliphatic heterocycles. The van der Waals surface area contributed by atoms with Gasteiger partial charge in [-0.1, -0.05) is 39.7 Å². The van der Waals surface area contributed by atoms with E-state index in [2.05, 4.69) is 21.2 Å². The van der Waals surface area contributed by atoms with Crippen molar-refractivity contribution in [2.75, 3.05) is 17.3 Å². The number of hydrogen-bond donors (Lipinski definition) is 1. The molecule has 1 unspecified atom stereocenters. The molecular weight excluding hydrogens is 440 g/mol. The highest BCUT2D eigenvalue weighted by atomic mass is 79.9. The van der Waals surface area contributed by atoms with Gasteiger partial charge in [0.15, 0.2) is 5.60 Å². The average Bonchev–Trinajstić information content (AvgIpc) is 2.68. The highest BCUT2D eigenvalue weighted by molar-refractivity contribution is 9.10. The summed E-state index contributed by atoms with van der Waals surface area (Å²) < 4.78 is 6.89. The van der Waals surface area contributed by atoms with Gasteiger partial charge in [-0.25, -0.2) is 4.79 Å². The van der Waals surface area contributed by atoms with Gasteiger partial charge < -0.3 is 10.1 Å². The summed E-state index contributed by atoms with van der Waals surface area (Å²) in [6.07, 6.45) is -0.390. The standard InChI is InChI=1S/C22H18BrClN2O2/c1-22(14-3-7-16(24)8-4-14)19-13-18(25-17-9-5-15(23)6-10-17)11-12-20(19)26(2)21(27)28-22/h3-13,25H,1-2H3. The third-order valence-electron chi connectivity index (χ3n) is 4.97. The lowest BCUT2D eigenvalue weighted by molar-refractivity contribution is 0.0524. The van der Waals surface area contributed by atoms with Crippen molar-refractivity contribution in [2.45, 2.75) is 12.5 Å². The van der Waals surface area contributed by atoms with Gasteiger partial charge in [0.05, 0.1) is 5.69 Å². The number of anilines is 3. The van der Waals surface area contributed by atoms with Crippen LogP contribution in [0, 0.1) is 0 Å². The van der Waals surface area contributed by atoms with Crippen molar-refractivity contribution in [3.05, 3.63) is 87.4 Å². The van der Waals surface area contributed by atoms with E-state index in [1.807, 2.05) is 61.5 Å². The fraction of sp³-hybridized carbons (Fsp3) is 0.136. The Kier molecular flexibility index (Phi) is 4.81. The smallest absolute Gasteiger partial charge is 0.415 e. The molecule has 1 N–H and O–H groups in total. The normalized spacial score (nSPS) is 18.4. The van der Waals surface area contributed by atoms with Gasteiger partial charge in [-0.05, 0) is 61.5 Å². The van der Waals surface area contributed by atoms with Crippen LogP contribution in [0.5, 0.6) is 0 Å². The van der Waals surface area contributed by atoms with Gasteiger partial charge in [0.2, 0.25) is 0 Å². The van der Waals surface area contributed by atoms with Crippen molar-refractivity contribution in [3.63, 3.8) is 0 Å². The maximum atomic E-state index is 12.5. The molecule has 0 radical (unpaired) electrons. The molecule has 3 aromatic rings. The third-order valence-corrected chi connectivity index (χ3v) is 5.75. The topological polar surface area (TPSA) is 41.6 Å². The monoisotopic (exact) mass is 456 g/mol. The van der Waals surface area contributed by atoms with Crippen LogP contribution in [0.4, 0.5) is 21.9 Å². The lowest BCUT2D eigenvalue weighted by Gasteiger charge is -2.39. The van der Waals surface area contributed by atoms with E-state index in [4.69, 9.17) is 16.3 Å². The fourth-order valence-corrected chi connectivity index (χ4v) is 3.76. The Bertz CT molecular complexity index is 1040. The van der Waals surface area contributed by atoms with Crippen molar-refractivity contribution in [1.29, 1.82) is 0 Å².